The Bertz CT molecular complexity index is 1750. The van der Waals surface area contributed by atoms with E-state index in [-0.39, 0.29) is 43.7 Å². The zero-order chi connectivity index (χ0) is 45.2. The highest BCUT2D eigenvalue weighted by atomic mass is 16.5. The average molecular weight is 849 g/mol. The summed E-state index contributed by atoms with van der Waals surface area (Å²) >= 11 is 0. The summed E-state index contributed by atoms with van der Waals surface area (Å²) in [6, 6.07) is 13.1. The van der Waals surface area contributed by atoms with Crippen molar-refractivity contribution in [2.75, 3.05) is 26.7 Å². The van der Waals surface area contributed by atoms with Crippen LogP contribution < -0.4 is 27.4 Å². The fraction of sp³-hybridized carbons (Fsp3) is 0.617. The number of carbonyl (C=O) groups excluding carboxylic acids is 6. The molecule has 8 N–H and O–H groups in total. The Labute approximate surface area is 362 Å². The van der Waals surface area contributed by atoms with Gasteiger partial charge < -0.3 is 42.2 Å². The van der Waals surface area contributed by atoms with Gasteiger partial charge in [-0.05, 0) is 79.0 Å². The summed E-state index contributed by atoms with van der Waals surface area (Å²) < 4.78 is 5.70. The van der Waals surface area contributed by atoms with Crippen LogP contribution in [0.3, 0.4) is 0 Å². The second kappa shape index (κ2) is 25.2. The molecule has 2 aromatic carbocycles. The van der Waals surface area contributed by atoms with Crippen molar-refractivity contribution in [1.29, 1.82) is 0 Å². The lowest BCUT2D eigenvalue weighted by Gasteiger charge is -2.35. The third kappa shape index (κ3) is 15.5. The number of carbonyl (C=O) groups is 6. The third-order valence-corrected chi connectivity index (χ3v) is 12.0. The number of aliphatic hydroxyl groups is 1. The fourth-order valence-electron chi connectivity index (χ4n) is 7.93. The van der Waals surface area contributed by atoms with Crippen molar-refractivity contribution >= 4 is 35.5 Å². The molecule has 3 rings (SSSR count). The minimum atomic E-state index is -1.11. The van der Waals surface area contributed by atoms with Gasteiger partial charge in [-0.2, -0.15) is 0 Å². The maximum absolute atomic E-state index is 14.9. The molecule has 14 nitrogen and oxygen atoms in total. The first-order chi connectivity index (χ1) is 29.0. The summed E-state index contributed by atoms with van der Waals surface area (Å²) in [5, 5.41) is 17.9. The van der Waals surface area contributed by atoms with Gasteiger partial charge in [0.25, 0.3) is 0 Å². The van der Waals surface area contributed by atoms with Crippen LogP contribution in [0.25, 0.3) is 11.1 Å². The Hall–Kier alpha value is -4.82. The van der Waals surface area contributed by atoms with Crippen LogP contribution in [0, 0.1) is 23.7 Å². The number of likely N-dealkylation sites (N-methyl/N-ethyl adjacent to an activating group) is 1. The van der Waals surface area contributed by atoms with E-state index >= 15 is 0 Å². The Morgan fingerprint density at radius 2 is 1.56 bits per heavy atom. The van der Waals surface area contributed by atoms with E-state index in [0.29, 0.717) is 12.8 Å². The van der Waals surface area contributed by atoms with Crippen molar-refractivity contribution < 1.29 is 38.6 Å². The molecule has 0 saturated heterocycles. The standard InChI is InChI=1S/C47H72N6O8/c1-8-9-16-30(4)38-25-35(33-17-12-10-13-18-33)21-22-36(38)24-37(28-61-41(55)27-50-44(57)31(5)32(6)54)47(60)53(7)40(23-29(2)3)45(58)52-42(34-19-14-11-15-20-34)46(59)51-39(26-48)43(49)56/h10,12-13,17-18,21-22,25,29-32,34,37,39-40,42,54H,8-9,11,14-16,19-20,23-24,26-28,48H2,1-7H3,(H2,49,56)(H,50,57)(H,51,59)(H,52,58)/t30?,31-,32-,37+,39-,40-,42-/m0/s1. The molecule has 1 saturated carbocycles. The smallest absolute Gasteiger partial charge is 0.325 e. The van der Waals surface area contributed by atoms with E-state index in [1.165, 1.54) is 11.8 Å². The van der Waals surface area contributed by atoms with E-state index in [0.717, 1.165) is 60.8 Å². The molecule has 0 heterocycles. The van der Waals surface area contributed by atoms with E-state index in [1.807, 2.05) is 56.3 Å². The van der Waals surface area contributed by atoms with Gasteiger partial charge in [0, 0.05) is 13.6 Å². The van der Waals surface area contributed by atoms with Crippen molar-refractivity contribution in [3.8, 4) is 11.1 Å². The monoisotopic (exact) mass is 849 g/mol. The first kappa shape index (κ1) is 50.5. The van der Waals surface area contributed by atoms with E-state index in [1.54, 1.807) is 14.0 Å². The van der Waals surface area contributed by atoms with Gasteiger partial charge in [0.1, 0.15) is 31.3 Å². The second-order valence-electron chi connectivity index (χ2n) is 17.3. The quantitative estimate of drug-likeness (QED) is 0.0826. The van der Waals surface area contributed by atoms with Crippen LogP contribution >= 0.6 is 0 Å². The molecule has 0 aliphatic heterocycles. The molecule has 2 aromatic rings. The van der Waals surface area contributed by atoms with E-state index in [4.69, 9.17) is 16.2 Å². The summed E-state index contributed by atoms with van der Waals surface area (Å²) in [5.74, 6) is -5.34. The van der Waals surface area contributed by atoms with Crippen molar-refractivity contribution in [2.24, 2.45) is 35.1 Å². The lowest BCUT2D eigenvalue weighted by atomic mass is 9.83. The number of rotatable bonds is 24. The minimum absolute atomic E-state index is 0.0371. The maximum atomic E-state index is 14.9. The highest BCUT2D eigenvalue weighted by Gasteiger charge is 2.38. The van der Waals surface area contributed by atoms with Gasteiger partial charge in [-0.1, -0.05) is 115 Å². The van der Waals surface area contributed by atoms with Crippen LogP contribution in [-0.2, 0) is 39.9 Å². The van der Waals surface area contributed by atoms with Gasteiger partial charge in [0.2, 0.25) is 29.5 Å². The molecule has 0 spiro atoms. The number of hydrogen-bond donors (Lipinski definition) is 6. The first-order valence-corrected chi connectivity index (χ1v) is 22.1. The number of nitrogens with one attached hydrogen (secondary N) is 3. The molecule has 0 bridgehead atoms. The lowest BCUT2D eigenvalue weighted by molar-refractivity contribution is -0.151. The summed E-state index contributed by atoms with van der Waals surface area (Å²) in [7, 11) is 1.55. The number of ether oxygens (including phenoxy) is 1. The highest BCUT2D eigenvalue weighted by Crippen LogP contribution is 2.32. The Morgan fingerprint density at radius 3 is 2.15 bits per heavy atom. The summed E-state index contributed by atoms with van der Waals surface area (Å²) in [5.41, 5.74) is 15.3. The lowest BCUT2D eigenvalue weighted by Crippen LogP contribution is -2.60. The molecule has 0 radical (unpaired) electrons. The van der Waals surface area contributed by atoms with Crippen LogP contribution in [0.1, 0.15) is 116 Å². The zero-order valence-electron chi connectivity index (χ0n) is 37.4. The average Bonchev–Trinajstić information content (AvgIpc) is 3.25. The van der Waals surface area contributed by atoms with Crippen molar-refractivity contribution in [2.45, 2.75) is 136 Å². The second-order valence-corrected chi connectivity index (χ2v) is 17.3. The van der Waals surface area contributed by atoms with Crippen LogP contribution in [0.2, 0.25) is 0 Å². The van der Waals surface area contributed by atoms with Crippen molar-refractivity contribution in [1.82, 2.24) is 20.9 Å². The number of unbranched alkanes of at least 4 members (excludes halogenated alkanes) is 1. The van der Waals surface area contributed by atoms with Crippen LogP contribution in [0.15, 0.2) is 48.5 Å². The van der Waals surface area contributed by atoms with Crippen LogP contribution in [0.4, 0.5) is 0 Å². The van der Waals surface area contributed by atoms with E-state index < -0.39 is 78.1 Å². The molecular formula is C47H72N6O8. The molecule has 1 fully saturated rings. The number of primary amides is 1. The Kier molecular flexibility index (Phi) is 20.9. The summed E-state index contributed by atoms with van der Waals surface area (Å²) in [6.45, 7) is 10.2. The number of benzene rings is 2. The molecule has 14 heteroatoms. The maximum Gasteiger partial charge on any atom is 0.325 e. The molecule has 7 atom stereocenters. The van der Waals surface area contributed by atoms with Crippen LogP contribution in [-0.4, -0.2) is 96.5 Å². The zero-order valence-corrected chi connectivity index (χ0v) is 37.4. The van der Waals surface area contributed by atoms with Crippen molar-refractivity contribution in [3.05, 3.63) is 59.7 Å². The van der Waals surface area contributed by atoms with Crippen LogP contribution in [0.5, 0.6) is 0 Å². The Morgan fingerprint density at radius 1 is 0.885 bits per heavy atom. The molecule has 1 aliphatic rings. The van der Waals surface area contributed by atoms with Gasteiger partial charge >= 0.3 is 5.97 Å². The van der Waals surface area contributed by atoms with Gasteiger partial charge in [0.05, 0.1) is 17.9 Å². The largest absolute Gasteiger partial charge is 0.464 e. The molecule has 1 unspecified atom stereocenters. The predicted octanol–water partition coefficient (Wildman–Crippen LogP) is 4.35. The van der Waals surface area contributed by atoms with Gasteiger partial charge in [-0.3, -0.25) is 28.8 Å². The number of aliphatic hydroxyl groups excluding tert-OH is 1. The van der Waals surface area contributed by atoms with Crippen molar-refractivity contribution in [3.63, 3.8) is 0 Å². The number of hydrogen-bond acceptors (Lipinski definition) is 9. The molecule has 5 amide bonds. The minimum Gasteiger partial charge on any atom is -0.464 e. The normalized spacial score (nSPS) is 16.6. The van der Waals surface area contributed by atoms with E-state index in [2.05, 4.69) is 35.9 Å². The molecule has 0 aromatic heterocycles. The number of nitrogens with two attached hydrogens (primary N) is 2. The topological polar surface area (TPSA) is 223 Å². The fourth-order valence-corrected chi connectivity index (χ4v) is 7.93. The highest BCUT2D eigenvalue weighted by molar-refractivity contribution is 5.94. The predicted molar refractivity (Wildman–Crippen MR) is 237 cm³/mol. The number of nitrogens with zero attached hydrogens (tertiary/aromatic N) is 1. The number of esters is 1. The van der Waals surface area contributed by atoms with E-state index in [9.17, 15) is 33.9 Å². The molecule has 338 valence electrons. The summed E-state index contributed by atoms with van der Waals surface area (Å²) in [4.78, 5) is 82.0. The Balaban J connectivity index is 2.01. The van der Waals surface area contributed by atoms with Gasteiger partial charge in [-0.15, -0.1) is 0 Å². The number of amides is 5. The molecule has 1 aliphatic carbocycles. The SMILES string of the molecule is CCCCC(C)c1cc(-c2ccccc2)ccc1C[C@H](COC(=O)CNC(=O)[C@@H](C)[C@H](C)O)C(=O)N(C)[C@@H](CC(C)C)C(=O)N[C@H](C(=O)N[C@@H](CN)C(N)=O)C1CCCCC1. The third-order valence-electron chi connectivity index (χ3n) is 12.0. The summed E-state index contributed by atoms with van der Waals surface area (Å²) in [6.07, 6.45) is 6.66. The molecule has 61 heavy (non-hydrogen) atoms. The van der Waals surface area contributed by atoms with Gasteiger partial charge in [0.15, 0.2) is 0 Å². The first-order valence-electron chi connectivity index (χ1n) is 22.1. The molecular weight excluding hydrogens is 777 g/mol. The van der Waals surface area contributed by atoms with Gasteiger partial charge in [-0.25, -0.2) is 0 Å².